The van der Waals surface area contributed by atoms with Crippen molar-refractivity contribution in [1.29, 1.82) is 0 Å². The lowest BCUT2D eigenvalue weighted by molar-refractivity contribution is 0.0512. The molecule has 3 aliphatic heterocycles. The average Bonchev–Trinajstić information content (AvgIpc) is 2.41. The van der Waals surface area contributed by atoms with E-state index in [0.717, 1.165) is 17.6 Å². The maximum atomic E-state index is 5.20. The second-order valence-corrected chi connectivity index (χ2v) is 5.45. The standard InChI is InChI=1S/C15H21NO/c1-17-15-4-2-12(3-5-15)10-14-11-16-8-6-13(14)7-9-16/h2-5,13-14H,6-11H2,1H3. The van der Waals surface area contributed by atoms with Gasteiger partial charge in [-0.1, -0.05) is 12.1 Å². The van der Waals surface area contributed by atoms with Gasteiger partial charge in [-0.3, -0.25) is 0 Å². The molecule has 1 aromatic rings. The van der Waals surface area contributed by atoms with E-state index in [9.17, 15) is 0 Å². The lowest BCUT2D eigenvalue weighted by Crippen LogP contribution is -2.48. The zero-order valence-corrected chi connectivity index (χ0v) is 10.6. The van der Waals surface area contributed by atoms with Gasteiger partial charge in [0.15, 0.2) is 0 Å². The quantitative estimate of drug-likeness (QED) is 0.793. The van der Waals surface area contributed by atoms with Crippen LogP contribution in [-0.2, 0) is 6.42 Å². The van der Waals surface area contributed by atoms with Gasteiger partial charge in [0, 0.05) is 6.54 Å². The largest absolute Gasteiger partial charge is 0.497 e. The van der Waals surface area contributed by atoms with Crippen LogP contribution in [-0.4, -0.2) is 31.6 Å². The topological polar surface area (TPSA) is 12.5 Å². The maximum absolute atomic E-state index is 5.20. The van der Waals surface area contributed by atoms with Crippen molar-refractivity contribution in [2.45, 2.75) is 19.3 Å². The number of hydrogen-bond acceptors (Lipinski definition) is 2. The Morgan fingerprint density at radius 3 is 2.41 bits per heavy atom. The van der Waals surface area contributed by atoms with Crippen molar-refractivity contribution in [2.24, 2.45) is 11.8 Å². The Bertz CT molecular complexity index is 365. The van der Waals surface area contributed by atoms with Gasteiger partial charge in [0.05, 0.1) is 7.11 Å². The van der Waals surface area contributed by atoms with Crippen molar-refractivity contribution < 1.29 is 4.74 Å². The summed E-state index contributed by atoms with van der Waals surface area (Å²) in [5, 5.41) is 0. The smallest absolute Gasteiger partial charge is 0.118 e. The number of nitrogens with zero attached hydrogens (tertiary/aromatic N) is 1. The highest BCUT2D eigenvalue weighted by molar-refractivity contribution is 5.27. The fourth-order valence-electron chi connectivity index (χ4n) is 3.38. The Kier molecular flexibility index (Phi) is 3.06. The van der Waals surface area contributed by atoms with E-state index in [1.807, 2.05) is 0 Å². The molecule has 2 bridgehead atoms. The van der Waals surface area contributed by atoms with Crippen molar-refractivity contribution in [2.75, 3.05) is 26.7 Å². The lowest BCUT2D eigenvalue weighted by Gasteiger charge is -2.45. The number of rotatable bonds is 3. The number of hydrogen-bond donors (Lipinski definition) is 0. The highest BCUT2D eigenvalue weighted by Crippen LogP contribution is 2.34. The number of methoxy groups -OCH3 is 1. The number of ether oxygens (including phenoxy) is 1. The summed E-state index contributed by atoms with van der Waals surface area (Å²) < 4.78 is 5.20. The summed E-state index contributed by atoms with van der Waals surface area (Å²) in [5.41, 5.74) is 1.46. The summed E-state index contributed by atoms with van der Waals surface area (Å²) in [6.45, 7) is 3.99. The fraction of sp³-hybridized carbons (Fsp3) is 0.600. The van der Waals surface area contributed by atoms with Crippen LogP contribution in [0, 0.1) is 11.8 Å². The lowest BCUT2D eigenvalue weighted by atomic mass is 9.76. The first-order valence-corrected chi connectivity index (χ1v) is 6.70. The molecule has 3 heterocycles. The second kappa shape index (κ2) is 4.69. The summed E-state index contributed by atoms with van der Waals surface area (Å²) in [6.07, 6.45) is 4.08. The molecule has 2 heteroatoms. The Balaban J connectivity index is 1.66. The van der Waals surface area contributed by atoms with E-state index in [1.165, 1.54) is 44.5 Å². The normalized spacial score (nSPS) is 31.5. The van der Waals surface area contributed by atoms with Crippen LogP contribution in [0.4, 0.5) is 0 Å². The molecule has 92 valence electrons. The van der Waals surface area contributed by atoms with Crippen molar-refractivity contribution in [3.8, 4) is 5.75 Å². The zero-order valence-electron chi connectivity index (χ0n) is 10.6. The molecule has 0 N–H and O–H groups in total. The summed E-state index contributed by atoms with van der Waals surface area (Å²) >= 11 is 0. The highest BCUT2D eigenvalue weighted by Gasteiger charge is 2.33. The van der Waals surface area contributed by atoms with Gasteiger partial charge >= 0.3 is 0 Å². The van der Waals surface area contributed by atoms with E-state index >= 15 is 0 Å². The fourth-order valence-corrected chi connectivity index (χ4v) is 3.38. The molecule has 3 saturated heterocycles. The molecule has 0 spiro atoms. The van der Waals surface area contributed by atoms with Crippen LogP contribution in [0.2, 0.25) is 0 Å². The predicted octanol–water partition coefficient (Wildman–Crippen LogP) is 2.58. The van der Waals surface area contributed by atoms with Crippen LogP contribution in [0.3, 0.4) is 0 Å². The van der Waals surface area contributed by atoms with Crippen LogP contribution in [0.25, 0.3) is 0 Å². The molecule has 3 fully saturated rings. The van der Waals surface area contributed by atoms with E-state index in [-0.39, 0.29) is 0 Å². The summed E-state index contributed by atoms with van der Waals surface area (Å²) in [5.74, 6) is 2.82. The molecule has 1 aromatic carbocycles. The first-order valence-electron chi connectivity index (χ1n) is 6.70. The molecular weight excluding hydrogens is 210 g/mol. The molecule has 4 rings (SSSR count). The van der Waals surface area contributed by atoms with Crippen LogP contribution < -0.4 is 4.74 Å². The predicted molar refractivity (Wildman–Crippen MR) is 69.4 cm³/mol. The Labute approximate surface area is 104 Å². The summed E-state index contributed by atoms with van der Waals surface area (Å²) in [7, 11) is 1.72. The van der Waals surface area contributed by atoms with E-state index in [2.05, 4.69) is 29.2 Å². The molecule has 0 aromatic heterocycles. The van der Waals surface area contributed by atoms with Gasteiger partial charge < -0.3 is 9.64 Å². The molecule has 1 atom stereocenters. The molecule has 0 radical (unpaired) electrons. The number of piperidine rings is 3. The number of benzene rings is 1. The first kappa shape index (κ1) is 11.1. The van der Waals surface area contributed by atoms with Crippen molar-refractivity contribution in [3.05, 3.63) is 29.8 Å². The summed E-state index contributed by atoms with van der Waals surface area (Å²) in [4.78, 5) is 2.63. The third-order valence-electron chi connectivity index (χ3n) is 4.45. The second-order valence-electron chi connectivity index (χ2n) is 5.45. The highest BCUT2D eigenvalue weighted by atomic mass is 16.5. The molecule has 1 unspecified atom stereocenters. The molecule has 2 nitrogen and oxygen atoms in total. The first-order chi connectivity index (χ1) is 8.35. The Hall–Kier alpha value is -1.02. The van der Waals surface area contributed by atoms with Gasteiger partial charge in [0.2, 0.25) is 0 Å². The molecule has 3 aliphatic rings. The van der Waals surface area contributed by atoms with Gasteiger partial charge in [0.1, 0.15) is 5.75 Å². The molecule has 0 amide bonds. The van der Waals surface area contributed by atoms with Gasteiger partial charge in [-0.25, -0.2) is 0 Å². The van der Waals surface area contributed by atoms with E-state index in [0.29, 0.717) is 0 Å². The monoisotopic (exact) mass is 231 g/mol. The van der Waals surface area contributed by atoms with Crippen LogP contribution in [0.15, 0.2) is 24.3 Å². The molecular formula is C15H21NO. The zero-order chi connectivity index (χ0) is 11.7. The minimum Gasteiger partial charge on any atom is -0.497 e. The van der Waals surface area contributed by atoms with Crippen LogP contribution in [0.5, 0.6) is 5.75 Å². The van der Waals surface area contributed by atoms with Crippen LogP contribution in [0.1, 0.15) is 18.4 Å². The Morgan fingerprint density at radius 2 is 1.88 bits per heavy atom. The Morgan fingerprint density at radius 1 is 1.18 bits per heavy atom. The number of fused-ring (bicyclic) bond motifs is 3. The van der Waals surface area contributed by atoms with E-state index in [1.54, 1.807) is 7.11 Å². The van der Waals surface area contributed by atoms with Gasteiger partial charge in [-0.2, -0.15) is 0 Å². The van der Waals surface area contributed by atoms with Crippen molar-refractivity contribution >= 4 is 0 Å². The van der Waals surface area contributed by atoms with Gasteiger partial charge in [-0.15, -0.1) is 0 Å². The minimum atomic E-state index is 0.880. The molecule has 17 heavy (non-hydrogen) atoms. The van der Waals surface area contributed by atoms with Crippen molar-refractivity contribution in [1.82, 2.24) is 4.90 Å². The van der Waals surface area contributed by atoms with E-state index in [4.69, 9.17) is 4.74 Å². The maximum Gasteiger partial charge on any atom is 0.118 e. The minimum absolute atomic E-state index is 0.880. The van der Waals surface area contributed by atoms with Gasteiger partial charge in [0.25, 0.3) is 0 Å². The van der Waals surface area contributed by atoms with Crippen molar-refractivity contribution in [3.63, 3.8) is 0 Å². The van der Waals surface area contributed by atoms with Crippen LogP contribution >= 0.6 is 0 Å². The third-order valence-corrected chi connectivity index (χ3v) is 4.45. The summed E-state index contributed by atoms with van der Waals surface area (Å²) in [6, 6.07) is 8.60. The molecule has 0 aliphatic carbocycles. The third kappa shape index (κ3) is 2.32. The molecule has 0 saturated carbocycles. The van der Waals surface area contributed by atoms with Gasteiger partial charge in [-0.05, 0) is 61.9 Å². The van der Waals surface area contributed by atoms with E-state index < -0.39 is 0 Å². The average molecular weight is 231 g/mol. The SMILES string of the molecule is COc1ccc(CC2CN3CCC2CC3)cc1.